The van der Waals surface area contributed by atoms with E-state index in [1.807, 2.05) is 13.1 Å². The number of hydrogen-bond donors (Lipinski definition) is 0. The number of pyridine rings is 1. The van der Waals surface area contributed by atoms with Gasteiger partial charge in [0.2, 0.25) is 0 Å². The molecule has 0 unspecified atom stereocenters. The molecule has 0 saturated carbocycles. The number of aromatic nitrogens is 1. The second-order valence-corrected chi connectivity index (χ2v) is 2.42. The van der Waals surface area contributed by atoms with Crippen molar-refractivity contribution >= 4 is 6.08 Å². The molecule has 1 heterocycles. The fourth-order valence-electron chi connectivity index (χ4n) is 0.824. The molecule has 0 saturated heterocycles. The summed E-state index contributed by atoms with van der Waals surface area (Å²) in [7, 11) is 2.03. The first kappa shape index (κ1) is 10.6. The van der Waals surface area contributed by atoms with Gasteiger partial charge >= 0.3 is 0 Å². The molecule has 0 aromatic carbocycles. The van der Waals surface area contributed by atoms with E-state index in [-0.39, 0.29) is 24.0 Å². The minimum atomic E-state index is 0. The average molecular weight is 261 g/mol. The molecule has 1 aromatic heterocycles. The van der Waals surface area contributed by atoms with Gasteiger partial charge in [-0.15, -0.1) is 0 Å². The van der Waals surface area contributed by atoms with E-state index in [9.17, 15) is 0 Å². The summed E-state index contributed by atoms with van der Waals surface area (Å²) in [6, 6.07) is 4.14. The Kier molecular flexibility index (Phi) is 4.33. The van der Waals surface area contributed by atoms with Crippen molar-refractivity contribution in [3.05, 3.63) is 36.2 Å². The van der Waals surface area contributed by atoms with Crippen LogP contribution in [-0.2, 0) is 7.05 Å². The first-order chi connectivity index (χ1) is 4.74. The minimum Gasteiger partial charge on any atom is -1.00 e. The van der Waals surface area contributed by atoms with Gasteiger partial charge in [-0.2, -0.15) is 0 Å². The third-order valence-electron chi connectivity index (χ3n) is 1.65. The Hall–Kier alpha value is -0.380. The zero-order valence-electron chi connectivity index (χ0n) is 6.84. The quantitative estimate of drug-likeness (QED) is 0.426. The zero-order valence-corrected chi connectivity index (χ0v) is 9.00. The van der Waals surface area contributed by atoms with Gasteiger partial charge in [0.1, 0.15) is 7.05 Å². The van der Waals surface area contributed by atoms with Crippen LogP contribution >= 0.6 is 0 Å². The maximum Gasteiger partial charge on any atom is 0.177 e. The van der Waals surface area contributed by atoms with Crippen LogP contribution in [0.15, 0.2) is 24.9 Å². The summed E-state index contributed by atoms with van der Waals surface area (Å²) < 4.78 is 2.08. The summed E-state index contributed by atoms with van der Waals surface area (Å²) in [5, 5.41) is 0. The topological polar surface area (TPSA) is 3.88 Å². The van der Waals surface area contributed by atoms with E-state index in [1.54, 1.807) is 0 Å². The molecule has 0 radical (unpaired) electrons. The van der Waals surface area contributed by atoms with Crippen molar-refractivity contribution in [2.45, 2.75) is 6.92 Å². The van der Waals surface area contributed by atoms with Gasteiger partial charge in [-0.3, -0.25) is 0 Å². The standard InChI is InChI=1S/C9H12N.HI/c1-4-9-6-5-8(2)10(3)7-9;/h4-7H,1H2,2-3H3;1H/q+1;/p-1. The van der Waals surface area contributed by atoms with Gasteiger partial charge in [0, 0.05) is 18.6 Å². The van der Waals surface area contributed by atoms with E-state index < -0.39 is 0 Å². The highest BCUT2D eigenvalue weighted by Crippen LogP contribution is 1.97. The molecule has 0 fully saturated rings. The predicted octanol–water partition coefficient (Wildman–Crippen LogP) is -1.53. The molecule has 0 N–H and O–H groups in total. The number of aryl methyl sites for hydroxylation is 2. The van der Waals surface area contributed by atoms with Gasteiger partial charge in [0.15, 0.2) is 11.9 Å². The molecule has 1 aromatic rings. The molecule has 0 spiro atoms. The van der Waals surface area contributed by atoms with Gasteiger partial charge in [-0.1, -0.05) is 12.7 Å². The van der Waals surface area contributed by atoms with E-state index in [4.69, 9.17) is 0 Å². The van der Waals surface area contributed by atoms with Crippen molar-refractivity contribution in [1.82, 2.24) is 0 Å². The number of rotatable bonds is 1. The summed E-state index contributed by atoms with van der Waals surface area (Å²) in [5.41, 5.74) is 2.42. The highest BCUT2D eigenvalue weighted by Gasteiger charge is 1.97. The maximum atomic E-state index is 3.69. The Labute approximate surface area is 84.8 Å². The second kappa shape index (κ2) is 4.49. The van der Waals surface area contributed by atoms with Crippen LogP contribution in [0.4, 0.5) is 0 Å². The first-order valence-corrected chi connectivity index (χ1v) is 3.33. The SMILES string of the molecule is C=Cc1ccc(C)[n+](C)c1.[I-]. The molecule has 0 aliphatic rings. The van der Waals surface area contributed by atoms with Crippen molar-refractivity contribution in [3.8, 4) is 0 Å². The van der Waals surface area contributed by atoms with Crippen molar-refractivity contribution in [3.63, 3.8) is 0 Å². The van der Waals surface area contributed by atoms with E-state index in [0.29, 0.717) is 0 Å². The normalized spacial score (nSPS) is 8.55. The fourth-order valence-corrected chi connectivity index (χ4v) is 0.824. The molecule has 0 amide bonds. The van der Waals surface area contributed by atoms with Gasteiger partial charge < -0.3 is 24.0 Å². The monoisotopic (exact) mass is 261 g/mol. The fraction of sp³-hybridized carbons (Fsp3) is 0.222. The lowest BCUT2D eigenvalue weighted by molar-refractivity contribution is -0.677. The van der Waals surface area contributed by atoms with Crippen LogP contribution in [-0.4, -0.2) is 0 Å². The summed E-state index contributed by atoms with van der Waals surface area (Å²) in [6.45, 7) is 5.76. The first-order valence-electron chi connectivity index (χ1n) is 3.33. The molecule has 1 rings (SSSR count). The van der Waals surface area contributed by atoms with Crippen molar-refractivity contribution in [2.24, 2.45) is 7.05 Å². The van der Waals surface area contributed by atoms with Gasteiger partial charge in [-0.25, -0.2) is 4.57 Å². The van der Waals surface area contributed by atoms with Crippen LogP contribution in [0.1, 0.15) is 11.3 Å². The molecular formula is C9H12IN. The van der Waals surface area contributed by atoms with E-state index >= 15 is 0 Å². The summed E-state index contributed by atoms with van der Waals surface area (Å²) in [4.78, 5) is 0. The van der Waals surface area contributed by atoms with Crippen LogP contribution in [0.25, 0.3) is 6.08 Å². The molecule has 1 nitrogen and oxygen atoms in total. The maximum absolute atomic E-state index is 3.69. The Morgan fingerprint density at radius 3 is 2.55 bits per heavy atom. The molecule has 60 valence electrons. The van der Waals surface area contributed by atoms with Crippen LogP contribution in [0, 0.1) is 6.92 Å². The predicted molar refractivity (Wildman–Crippen MR) is 42.4 cm³/mol. The lowest BCUT2D eigenvalue weighted by Crippen LogP contribution is -3.00. The van der Waals surface area contributed by atoms with Crippen LogP contribution in [0.3, 0.4) is 0 Å². The van der Waals surface area contributed by atoms with E-state index in [2.05, 4.69) is 36.4 Å². The van der Waals surface area contributed by atoms with Gasteiger partial charge in [-0.05, 0) is 6.07 Å². The van der Waals surface area contributed by atoms with E-state index in [1.165, 1.54) is 5.69 Å². The van der Waals surface area contributed by atoms with Crippen LogP contribution in [0.2, 0.25) is 0 Å². The minimum absolute atomic E-state index is 0. The molecule has 0 atom stereocenters. The molecule has 11 heavy (non-hydrogen) atoms. The summed E-state index contributed by atoms with van der Waals surface area (Å²) in [6.07, 6.45) is 3.90. The number of nitrogens with zero attached hydrogens (tertiary/aromatic N) is 1. The van der Waals surface area contributed by atoms with Crippen LogP contribution in [0.5, 0.6) is 0 Å². The van der Waals surface area contributed by atoms with Crippen molar-refractivity contribution in [2.75, 3.05) is 0 Å². The Morgan fingerprint density at radius 1 is 1.45 bits per heavy atom. The summed E-state index contributed by atoms with van der Waals surface area (Å²) in [5.74, 6) is 0. The highest BCUT2D eigenvalue weighted by molar-refractivity contribution is 5.43. The third-order valence-corrected chi connectivity index (χ3v) is 1.65. The lowest BCUT2D eigenvalue weighted by atomic mass is 10.2. The molecule has 0 aliphatic carbocycles. The van der Waals surface area contributed by atoms with Gasteiger partial charge in [0.05, 0.1) is 0 Å². The van der Waals surface area contributed by atoms with Gasteiger partial charge in [0.25, 0.3) is 0 Å². The Balaban J connectivity index is 0.000001000. The van der Waals surface area contributed by atoms with Crippen molar-refractivity contribution < 1.29 is 28.5 Å². The van der Waals surface area contributed by atoms with Crippen molar-refractivity contribution in [1.29, 1.82) is 0 Å². The molecule has 0 bridgehead atoms. The number of halogens is 1. The highest BCUT2D eigenvalue weighted by atomic mass is 127. The zero-order chi connectivity index (χ0) is 7.56. The van der Waals surface area contributed by atoms with E-state index in [0.717, 1.165) is 5.56 Å². The molecular weight excluding hydrogens is 249 g/mol. The van der Waals surface area contributed by atoms with Crippen LogP contribution < -0.4 is 28.5 Å². The Bertz CT molecular complexity index is 256. The lowest BCUT2D eigenvalue weighted by Gasteiger charge is -1.93. The largest absolute Gasteiger partial charge is 1.00 e. The molecule has 0 aliphatic heterocycles. The smallest absolute Gasteiger partial charge is 0.177 e. The Morgan fingerprint density at radius 2 is 2.09 bits per heavy atom. The summed E-state index contributed by atoms with van der Waals surface area (Å²) >= 11 is 0. The second-order valence-electron chi connectivity index (χ2n) is 2.42. The third kappa shape index (κ3) is 2.61. The number of hydrogen-bond acceptors (Lipinski definition) is 0. The average Bonchev–Trinajstić information content (AvgIpc) is 1.95. The molecule has 2 heteroatoms.